The summed E-state index contributed by atoms with van der Waals surface area (Å²) in [4.78, 5) is 0. The summed E-state index contributed by atoms with van der Waals surface area (Å²) in [7, 11) is -3.49. The van der Waals surface area contributed by atoms with Crippen LogP contribution in [-0.2, 0) is 15.8 Å². The van der Waals surface area contributed by atoms with Gasteiger partial charge < -0.3 is 5.73 Å². The number of hydrogen-bond acceptors (Lipinski definition) is 3. The Morgan fingerprint density at radius 2 is 1.90 bits per heavy atom. The average Bonchev–Trinajstić information content (AvgIpc) is 2.35. The number of benzene rings is 2. The van der Waals surface area contributed by atoms with Crippen molar-refractivity contribution in [3.8, 4) is 0 Å². The molecule has 4 nitrogen and oxygen atoms in total. The second-order valence-electron chi connectivity index (χ2n) is 4.52. The Hall–Kier alpha value is -1.53. The van der Waals surface area contributed by atoms with Gasteiger partial charge in [0.2, 0.25) is 10.0 Å². The second-order valence-corrected chi connectivity index (χ2v) is 7.16. The smallest absolute Gasteiger partial charge is 0.237 e. The molecule has 0 unspecified atom stereocenters. The van der Waals surface area contributed by atoms with Gasteiger partial charge in [0.25, 0.3) is 0 Å². The maximum absolute atomic E-state index is 12.2. The zero-order chi connectivity index (χ0) is 14.8. The van der Waals surface area contributed by atoms with Crippen molar-refractivity contribution >= 4 is 37.3 Å². The minimum Gasteiger partial charge on any atom is -0.398 e. The summed E-state index contributed by atoms with van der Waals surface area (Å²) in [6, 6.07) is 12.3. The fraction of sp³-hybridized carbons (Fsp3) is 0.143. The van der Waals surface area contributed by atoms with Crippen LogP contribution < -0.4 is 10.5 Å². The van der Waals surface area contributed by atoms with Crippen molar-refractivity contribution in [3.05, 3.63) is 58.1 Å². The SMILES string of the molecule is Cc1cc(Br)ccc1NS(=O)(=O)Cc1ccccc1N. The lowest BCUT2D eigenvalue weighted by Gasteiger charge is -2.12. The van der Waals surface area contributed by atoms with E-state index in [2.05, 4.69) is 20.7 Å². The van der Waals surface area contributed by atoms with Gasteiger partial charge in [0.15, 0.2) is 0 Å². The zero-order valence-electron chi connectivity index (χ0n) is 10.9. The third kappa shape index (κ3) is 3.74. The zero-order valence-corrected chi connectivity index (χ0v) is 13.3. The Morgan fingerprint density at radius 1 is 1.20 bits per heavy atom. The van der Waals surface area contributed by atoms with E-state index in [4.69, 9.17) is 5.73 Å². The molecule has 3 N–H and O–H groups in total. The molecule has 0 aromatic heterocycles. The van der Waals surface area contributed by atoms with Crippen LogP contribution in [0.1, 0.15) is 11.1 Å². The summed E-state index contributed by atoms with van der Waals surface area (Å²) in [6.07, 6.45) is 0. The molecular formula is C14H15BrN2O2S. The van der Waals surface area contributed by atoms with Gasteiger partial charge in [-0.15, -0.1) is 0 Å². The molecule has 2 aromatic carbocycles. The summed E-state index contributed by atoms with van der Waals surface area (Å²) >= 11 is 3.35. The van der Waals surface area contributed by atoms with Crippen molar-refractivity contribution in [1.82, 2.24) is 0 Å². The predicted octanol–water partition coefficient (Wildman–Crippen LogP) is 3.28. The Labute approximate surface area is 127 Å². The first-order valence-corrected chi connectivity index (χ1v) is 8.42. The highest BCUT2D eigenvalue weighted by Gasteiger charge is 2.14. The number of hydrogen-bond donors (Lipinski definition) is 2. The van der Waals surface area contributed by atoms with Gasteiger partial charge in [-0.1, -0.05) is 34.1 Å². The quantitative estimate of drug-likeness (QED) is 0.827. The van der Waals surface area contributed by atoms with Crippen molar-refractivity contribution in [2.45, 2.75) is 12.7 Å². The van der Waals surface area contributed by atoms with Gasteiger partial charge in [-0.05, 0) is 42.3 Å². The largest absolute Gasteiger partial charge is 0.398 e. The Kier molecular flexibility index (Phi) is 4.35. The summed E-state index contributed by atoms with van der Waals surface area (Å²) < 4.78 is 27.9. The standard InChI is InChI=1S/C14H15BrN2O2S/c1-10-8-12(15)6-7-14(10)17-20(18,19)9-11-4-2-3-5-13(11)16/h2-8,17H,9,16H2,1H3. The van der Waals surface area contributed by atoms with Gasteiger partial charge >= 0.3 is 0 Å². The summed E-state index contributed by atoms with van der Waals surface area (Å²) in [6.45, 7) is 1.85. The van der Waals surface area contributed by atoms with Crippen molar-refractivity contribution in [2.24, 2.45) is 0 Å². The van der Waals surface area contributed by atoms with Crippen LogP contribution in [0.25, 0.3) is 0 Å². The lowest BCUT2D eigenvalue weighted by Crippen LogP contribution is -2.16. The Balaban J connectivity index is 2.22. The molecule has 0 saturated heterocycles. The molecule has 106 valence electrons. The van der Waals surface area contributed by atoms with Crippen LogP contribution in [0.15, 0.2) is 46.9 Å². The molecular weight excluding hydrogens is 340 g/mol. The Morgan fingerprint density at radius 3 is 2.55 bits per heavy atom. The number of nitrogen functional groups attached to an aromatic ring is 1. The van der Waals surface area contributed by atoms with Crippen LogP contribution in [0, 0.1) is 6.92 Å². The lowest BCUT2D eigenvalue weighted by molar-refractivity contribution is 0.600. The highest BCUT2D eigenvalue weighted by molar-refractivity contribution is 9.10. The normalized spacial score (nSPS) is 11.3. The van der Waals surface area contributed by atoms with E-state index in [0.29, 0.717) is 16.9 Å². The molecule has 0 aliphatic heterocycles. The number of para-hydroxylation sites is 1. The first kappa shape index (κ1) is 14.9. The van der Waals surface area contributed by atoms with E-state index >= 15 is 0 Å². The highest BCUT2D eigenvalue weighted by Crippen LogP contribution is 2.22. The van der Waals surface area contributed by atoms with E-state index in [1.54, 1.807) is 36.4 Å². The van der Waals surface area contributed by atoms with E-state index < -0.39 is 10.0 Å². The lowest BCUT2D eigenvalue weighted by atomic mass is 10.2. The van der Waals surface area contributed by atoms with Crippen LogP contribution in [0.3, 0.4) is 0 Å². The number of aryl methyl sites for hydroxylation is 1. The molecule has 0 amide bonds. The van der Waals surface area contributed by atoms with Crippen molar-refractivity contribution in [2.75, 3.05) is 10.5 Å². The molecule has 0 atom stereocenters. The molecule has 2 aromatic rings. The van der Waals surface area contributed by atoms with E-state index in [9.17, 15) is 8.42 Å². The van der Waals surface area contributed by atoms with E-state index in [1.807, 2.05) is 13.0 Å². The van der Waals surface area contributed by atoms with E-state index in [-0.39, 0.29) is 5.75 Å². The summed E-state index contributed by atoms with van der Waals surface area (Å²) in [5.41, 5.74) is 8.26. The van der Waals surface area contributed by atoms with Crippen molar-refractivity contribution < 1.29 is 8.42 Å². The highest BCUT2D eigenvalue weighted by atomic mass is 79.9. The molecule has 0 fully saturated rings. The minimum absolute atomic E-state index is 0.144. The van der Waals surface area contributed by atoms with Gasteiger partial charge in [-0.2, -0.15) is 0 Å². The van der Waals surface area contributed by atoms with Gasteiger partial charge in [-0.25, -0.2) is 8.42 Å². The topological polar surface area (TPSA) is 72.2 Å². The molecule has 20 heavy (non-hydrogen) atoms. The first-order chi connectivity index (χ1) is 9.37. The molecule has 0 aliphatic carbocycles. The van der Waals surface area contributed by atoms with Crippen LogP contribution >= 0.6 is 15.9 Å². The monoisotopic (exact) mass is 354 g/mol. The van der Waals surface area contributed by atoms with E-state index in [1.165, 1.54) is 0 Å². The molecule has 2 rings (SSSR count). The maximum Gasteiger partial charge on any atom is 0.237 e. The molecule has 0 heterocycles. The fourth-order valence-corrected chi connectivity index (χ4v) is 3.60. The maximum atomic E-state index is 12.2. The van der Waals surface area contributed by atoms with Gasteiger partial charge in [-0.3, -0.25) is 4.72 Å². The van der Waals surface area contributed by atoms with Gasteiger partial charge in [0.05, 0.1) is 11.4 Å². The number of nitrogens with one attached hydrogen (secondary N) is 1. The van der Waals surface area contributed by atoms with E-state index in [0.717, 1.165) is 10.0 Å². The van der Waals surface area contributed by atoms with Gasteiger partial charge in [0, 0.05) is 10.2 Å². The minimum atomic E-state index is -3.49. The number of halogens is 1. The van der Waals surface area contributed by atoms with Crippen LogP contribution in [0.5, 0.6) is 0 Å². The third-order valence-electron chi connectivity index (χ3n) is 2.85. The fourth-order valence-electron chi connectivity index (χ4n) is 1.82. The first-order valence-electron chi connectivity index (χ1n) is 5.97. The van der Waals surface area contributed by atoms with Crippen molar-refractivity contribution in [1.29, 1.82) is 0 Å². The van der Waals surface area contributed by atoms with Gasteiger partial charge in [0.1, 0.15) is 0 Å². The van der Waals surface area contributed by atoms with Crippen molar-refractivity contribution in [3.63, 3.8) is 0 Å². The van der Waals surface area contributed by atoms with Crippen LogP contribution in [-0.4, -0.2) is 8.42 Å². The van der Waals surface area contributed by atoms with Crippen LogP contribution in [0.4, 0.5) is 11.4 Å². The molecule has 0 spiro atoms. The predicted molar refractivity (Wildman–Crippen MR) is 86.0 cm³/mol. The number of nitrogens with two attached hydrogens (primary N) is 1. The molecule has 0 aliphatic rings. The molecule has 0 bridgehead atoms. The van der Waals surface area contributed by atoms with Crippen LogP contribution in [0.2, 0.25) is 0 Å². The number of anilines is 2. The molecule has 0 radical (unpaired) electrons. The average molecular weight is 355 g/mol. The number of sulfonamides is 1. The Bertz CT molecular complexity index is 730. The molecule has 0 saturated carbocycles. The number of rotatable bonds is 4. The summed E-state index contributed by atoms with van der Waals surface area (Å²) in [5, 5.41) is 0. The third-order valence-corrected chi connectivity index (χ3v) is 4.57. The summed E-state index contributed by atoms with van der Waals surface area (Å²) in [5.74, 6) is -0.144. The second kappa shape index (κ2) is 5.85. The molecule has 6 heteroatoms.